The maximum atomic E-state index is 13.3. The number of hydrogen-bond acceptors (Lipinski definition) is 2. The van der Waals surface area contributed by atoms with Crippen LogP contribution < -0.4 is 5.32 Å². The van der Waals surface area contributed by atoms with Gasteiger partial charge >= 0.3 is 0 Å². The van der Waals surface area contributed by atoms with Crippen LogP contribution >= 0.6 is 15.9 Å². The lowest BCUT2D eigenvalue weighted by molar-refractivity contribution is 0.474. The maximum absolute atomic E-state index is 13.3. The molecule has 0 saturated heterocycles. The van der Waals surface area contributed by atoms with Crippen LogP contribution in [-0.4, -0.2) is 11.7 Å². The van der Waals surface area contributed by atoms with Crippen LogP contribution in [0.1, 0.15) is 24.1 Å². The van der Waals surface area contributed by atoms with Gasteiger partial charge in [-0.05, 0) is 64.3 Å². The van der Waals surface area contributed by atoms with Gasteiger partial charge in [0.1, 0.15) is 11.6 Å². The van der Waals surface area contributed by atoms with Crippen molar-refractivity contribution in [3.8, 4) is 5.75 Å². The van der Waals surface area contributed by atoms with Crippen molar-refractivity contribution in [2.45, 2.75) is 19.4 Å². The van der Waals surface area contributed by atoms with Gasteiger partial charge in [-0.3, -0.25) is 0 Å². The van der Waals surface area contributed by atoms with Crippen LogP contribution in [0.25, 0.3) is 0 Å². The number of likely N-dealkylation sites (N-methyl/N-ethyl adjacent to an activating group) is 1. The van der Waals surface area contributed by atoms with Gasteiger partial charge in [-0.2, -0.15) is 0 Å². The van der Waals surface area contributed by atoms with Crippen molar-refractivity contribution in [2.75, 3.05) is 6.54 Å². The SMILES string of the molecule is CCNC(Cc1ccc(O)cc1)c1ccc(F)c(Br)c1. The lowest BCUT2D eigenvalue weighted by Gasteiger charge is -2.19. The van der Waals surface area contributed by atoms with E-state index in [9.17, 15) is 9.50 Å². The number of phenolic OH excluding ortho intramolecular Hbond substituents is 1. The Morgan fingerprint density at radius 2 is 1.90 bits per heavy atom. The van der Waals surface area contributed by atoms with Gasteiger partial charge in [0.2, 0.25) is 0 Å². The minimum absolute atomic E-state index is 0.112. The lowest BCUT2D eigenvalue weighted by atomic mass is 9.98. The molecule has 1 atom stereocenters. The molecular weight excluding hydrogens is 321 g/mol. The topological polar surface area (TPSA) is 32.3 Å². The van der Waals surface area contributed by atoms with Crippen molar-refractivity contribution < 1.29 is 9.50 Å². The molecule has 0 aliphatic rings. The maximum Gasteiger partial charge on any atom is 0.137 e. The van der Waals surface area contributed by atoms with Gasteiger partial charge in [0.25, 0.3) is 0 Å². The summed E-state index contributed by atoms with van der Waals surface area (Å²) in [6.07, 6.45) is 0.784. The highest BCUT2D eigenvalue weighted by molar-refractivity contribution is 9.10. The summed E-state index contributed by atoms with van der Waals surface area (Å²) >= 11 is 3.22. The molecule has 0 spiro atoms. The Bertz CT molecular complexity index is 571. The molecule has 20 heavy (non-hydrogen) atoms. The minimum atomic E-state index is -0.256. The number of aromatic hydroxyl groups is 1. The fourth-order valence-electron chi connectivity index (χ4n) is 2.15. The third-order valence-electron chi connectivity index (χ3n) is 3.17. The van der Waals surface area contributed by atoms with Crippen LogP contribution in [0.3, 0.4) is 0 Å². The molecule has 0 aliphatic heterocycles. The highest BCUT2D eigenvalue weighted by Gasteiger charge is 2.13. The van der Waals surface area contributed by atoms with Crippen molar-refractivity contribution in [2.24, 2.45) is 0 Å². The van der Waals surface area contributed by atoms with Gasteiger partial charge < -0.3 is 10.4 Å². The zero-order valence-electron chi connectivity index (χ0n) is 11.2. The Labute approximate surface area is 126 Å². The fourth-order valence-corrected chi connectivity index (χ4v) is 2.55. The van der Waals surface area contributed by atoms with Gasteiger partial charge in [0.15, 0.2) is 0 Å². The van der Waals surface area contributed by atoms with E-state index in [4.69, 9.17) is 0 Å². The molecule has 2 nitrogen and oxygen atoms in total. The second-order valence-electron chi connectivity index (χ2n) is 4.65. The molecule has 2 rings (SSSR count). The molecule has 0 radical (unpaired) electrons. The summed E-state index contributed by atoms with van der Waals surface area (Å²) in [4.78, 5) is 0. The van der Waals surface area contributed by atoms with Gasteiger partial charge in [0, 0.05) is 6.04 Å². The first-order chi connectivity index (χ1) is 9.60. The molecule has 0 aromatic heterocycles. The second-order valence-corrected chi connectivity index (χ2v) is 5.51. The Morgan fingerprint density at radius 1 is 1.20 bits per heavy atom. The van der Waals surface area contributed by atoms with E-state index in [0.717, 1.165) is 24.1 Å². The van der Waals surface area contributed by atoms with Crippen LogP contribution in [0, 0.1) is 5.82 Å². The molecule has 0 saturated carbocycles. The van der Waals surface area contributed by atoms with Gasteiger partial charge in [0.05, 0.1) is 4.47 Å². The molecule has 1 unspecified atom stereocenters. The van der Waals surface area contributed by atoms with Crippen LogP contribution in [0.4, 0.5) is 4.39 Å². The quantitative estimate of drug-likeness (QED) is 0.857. The van der Waals surface area contributed by atoms with Crippen molar-refractivity contribution in [1.82, 2.24) is 5.32 Å². The molecule has 2 aromatic rings. The summed E-state index contributed by atoms with van der Waals surface area (Å²) in [6, 6.07) is 12.4. The third-order valence-corrected chi connectivity index (χ3v) is 3.78. The smallest absolute Gasteiger partial charge is 0.137 e. The summed E-state index contributed by atoms with van der Waals surface area (Å²) in [5.41, 5.74) is 2.15. The summed E-state index contributed by atoms with van der Waals surface area (Å²) < 4.78 is 13.8. The zero-order chi connectivity index (χ0) is 14.5. The summed E-state index contributed by atoms with van der Waals surface area (Å²) in [6.45, 7) is 2.88. The standard InChI is InChI=1S/C16H17BrFNO/c1-2-19-16(9-11-3-6-13(20)7-4-11)12-5-8-15(18)14(17)10-12/h3-8,10,16,19-20H,2,9H2,1H3. The molecule has 2 N–H and O–H groups in total. The first kappa shape index (κ1) is 15.0. The molecule has 0 heterocycles. The average molecular weight is 338 g/mol. The number of rotatable bonds is 5. The Morgan fingerprint density at radius 3 is 2.50 bits per heavy atom. The van der Waals surface area contributed by atoms with E-state index in [0.29, 0.717) is 4.47 Å². The number of benzene rings is 2. The van der Waals surface area contributed by atoms with Crippen LogP contribution in [0.5, 0.6) is 5.75 Å². The van der Waals surface area contributed by atoms with Crippen LogP contribution in [0.2, 0.25) is 0 Å². The average Bonchev–Trinajstić information content (AvgIpc) is 2.44. The van der Waals surface area contributed by atoms with Crippen molar-refractivity contribution in [1.29, 1.82) is 0 Å². The summed E-state index contributed by atoms with van der Waals surface area (Å²) in [7, 11) is 0. The highest BCUT2D eigenvalue weighted by Crippen LogP contribution is 2.24. The number of phenols is 1. The van der Waals surface area contributed by atoms with Crippen molar-refractivity contribution >= 4 is 15.9 Å². The van der Waals surface area contributed by atoms with Crippen molar-refractivity contribution in [3.63, 3.8) is 0 Å². The molecule has 0 bridgehead atoms. The monoisotopic (exact) mass is 337 g/mol. The Kier molecular flexibility index (Phi) is 5.15. The molecule has 0 aliphatic carbocycles. The van der Waals surface area contributed by atoms with E-state index in [1.807, 2.05) is 25.1 Å². The van der Waals surface area contributed by atoms with E-state index in [1.165, 1.54) is 6.07 Å². The number of halogens is 2. The first-order valence-corrected chi connectivity index (χ1v) is 7.35. The van der Waals surface area contributed by atoms with E-state index in [1.54, 1.807) is 18.2 Å². The second kappa shape index (κ2) is 6.86. The predicted molar refractivity (Wildman–Crippen MR) is 82.3 cm³/mol. The normalized spacial score (nSPS) is 12.3. The minimum Gasteiger partial charge on any atom is -0.508 e. The van der Waals surface area contributed by atoms with Crippen LogP contribution in [-0.2, 0) is 6.42 Å². The van der Waals surface area contributed by atoms with E-state index in [2.05, 4.69) is 21.2 Å². The molecule has 0 fully saturated rings. The largest absolute Gasteiger partial charge is 0.508 e. The van der Waals surface area contributed by atoms with Gasteiger partial charge in [-0.15, -0.1) is 0 Å². The van der Waals surface area contributed by atoms with Crippen molar-refractivity contribution in [3.05, 3.63) is 63.9 Å². The molecular formula is C16H17BrFNO. The Balaban J connectivity index is 2.21. The van der Waals surface area contributed by atoms with Gasteiger partial charge in [-0.1, -0.05) is 25.1 Å². The molecule has 4 heteroatoms. The summed E-state index contributed by atoms with van der Waals surface area (Å²) in [5, 5.41) is 12.7. The fraction of sp³-hybridized carbons (Fsp3) is 0.250. The first-order valence-electron chi connectivity index (χ1n) is 6.56. The van der Waals surface area contributed by atoms with E-state index < -0.39 is 0 Å². The molecule has 2 aromatic carbocycles. The summed E-state index contributed by atoms with van der Waals surface area (Å²) in [5.74, 6) is 0.00640. The lowest BCUT2D eigenvalue weighted by Crippen LogP contribution is -2.23. The highest BCUT2D eigenvalue weighted by atomic mass is 79.9. The van der Waals surface area contributed by atoms with Crippen LogP contribution in [0.15, 0.2) is 46.9 Å². The predicted octanol–water partition coefficient (Wildman–Crippen LogP) is 4.19. The number of nitrogens with one attached hydrogen (secondary N) is 1. The zero-order valence-corrected chi connectivity index (χ0v) is 12.8. The Hall–Kier alpha value is -1.39. The molecule has 106 valence electrons. The van der Waals surface area contributed by atoms with Gasteiger partial charge in [-0.25, -0.2) is 4.39 Å². The number of hydrogen-bond donors (Lipinski definition) is 2. The van der Waals surface area contributed by atoms with E-state index in [-0.39, 0.29) is 17.6 Å². The third kappa shape index (κ3) is 3.81. The van der Waals surface area contributed by atoms with E-state index >= 15 is 0 Å². The molecule has 0 amide bonds.